The second-order valence-electron chi connectivity index (χ2n) is 4.33. The summed E-state index contributed by atoms with van der Waals surface area (Å²) in [6.07, 6.45) is 1.66. The van der Waals surface area contributed by atoms with Crippen molar-refractivity contribution >= 4 is 21.6 Å². The Morgan fingerprint density at radius 2 is 2.11 bits per heavy atom. The molecule has 0 fully saturated rings. The molecule has 0 saturated carbocycles. The quantitative estimate of drug-likeness (QED) is 0.944. The first kappa shape index (κ1) is 13.7. The number of hydrogen-bond donors (Lipinski definition) is 1. The third kappa shape index (κ3) is 2.98. The van der Waals surface area contributed by atoms with Crippen molar-refractivity contribution < 1.29 is 4.74 Å². The fraction of sp³-hybridized carbons (Fsp3) is 0.214. The van der Waals surface area contributed by atoms with Crippen LogP contribution in [0.2, 0.25) is 0 Å². The van der Waals surface area contributed by atoms with Crippen LogP contribution in [0, 0.1) is 6.92 Å². The molecule has 0 unspecified atom stereocenters. The summed E-state index contributed by atoms with van der Waals surface area (Å²) in [5.41, 5.74) is 8.09. The van der Waals surface area contributed by atoms with Gasteiger partial charge in [0.25, 0.3) is 5.56 Å². The molecule has 0 atom stereocenters. The number of methoxy groups -OCH3 is 1. The Balaban J connectivity index is 2.44. The van der Waals surface area contributed by atoms with Gasteiger partial charge in [-0.3, -0.25) is 4.79 Å². The van der Waals surface area contributed by atoms with Crippen LogP contribution in [-0.4, -0.2) is 11.7 Å². The SMILES string of the molecule is COc1ccc(Br)cc1Cn1cc(N)c(C)cc1=O. The highest BCUT2D eigenvalue weighted by atomic mass is 79.9. The van der Waals surface area contributed by atoms with E-state index >= 15 is 0 Å². The van der Waals surface area contributed by atoms with Crippen molar-refractivity contribution in [1.82, 2.24) is 4.57 Å². The summed E-state index contributed by atoms with van der Waals surface area (Å²) in [5, 5.41) is 0. The van der Waals surface area contributed by atoms with E-state index < -0.39 is 0 Å². The Bertz CT molecular complexity index is 665. The van der Waals surface area contributed by atoms with E-state index in [0.717, 1.165) is 21.3 Å². The normalized spacial score (nSPS) is 10.5. The lowest BCUT2D eigenvalue weighted by atomic mass is 10.2. The van der Waals surface area contributed by atoms with E-state index in [2.05, 4.69) is 15.9 Å². The largest absolute Gasteiger partial charge is 0.496 e. The van der Waals surface area contributed by atoms with E-state index in [0.29, 0.717) is 12.2 Å². The number of hydrogen-bond acceptors (Lipinski definition) is 3. The highest BCUT2D eigenvalue weighted by molar-refractivity contribution is 9.10. The summed E-state index contributed by atoms with van der Waals surface area (Å²) in [5.74, 6) is 0.745. The number of aryl methyl sites for hydroxylation is 1. The number of pyridine rings is 1. The van der Waals surface area contributed by atoms with Gasteiger partial charge in [0.05, 0.1) is 19.3 Å². The molecule has 1 aromatic heterocycles. The summed E-state index contributed by atoms with van der Waals surface area (Å²) >= 11 is 3.42. The van der Waals surface area contributed by atoms with Crippen LogP contribution in [0.15, 0.2) is 39.7 Å². The van der Waals surface area contributed by atoms with Gasteiger partial charge in [0, 0.05) is 22.3 Å². The maximum absolute atomic E-state index is 11.9. The first-order valence-electron chi connectivity index (χ1n) is 5.80. The summed E-state index contributed by atoms with van der Waals surface area (Å²) in [6, 6.07) is 7.23. The Morgan fingerprint density at radius 1 is 1.37 bits per heavy atom. The molecule has 0 saturated heterocycles. The molecule has 4 nitrogen and oxygen atoms in total. The van der Waals surface area contributed by atoms with Crippen molar-refractivity contribution in [1.29, 1.82) is 0 Å². The van der Waals surface area contributed by atoms with Crippen LogP contribution >= 0.6 is 15.9 Å². The van der Waals surface area contributed by atoms with Crippen molar-refractivity contribution in [3.8, 4) is 5.75 Å². The predicted octanol–water partition coefficient (Wildman–Crippen LogP) is 2.56. The predicted molar refractivity (Wildman–Crippen MR) is 79.6 cm³/mol. The number of ether oxygens (including phenoxy) is 1. The minimum Gasteiger partial charge on any atom is -0.496 e. The van der Waals surface area contributed by atoms with Gasteiger partial charge in [-0.1, -0.05) is 15.9 Å². The molecular weight excluding hydrogens is 308 g/mol. The minimum absolute atomic E-state index is 0.0753. The molecule has 19 heavy (non-hydrogen) atoms. The molecule has 0 aliphatic carbocycles. The summed E-state index contributed by atoms with van der Waals surface area (Å²) in [4.78, 5) is 11.9. The average molecular weight is 323 g/mol. The van der Waals surface area contributed by atoms with Crippen LogP contribution in [0.4, 0.5) is 5.69 Å². The number of nitrogens with zero attached hydrogens (tertiary/aromatic N) is 1. The van der Waals surface area contributed by atoms with Crippen molar-refractivity contribution in [2.45, 2.75) is 13.5 Å². The van der Waals surface area contributed by atoms with Crippen molar-refractivity contribution in [3.63, 3.8) is 0 Å². The Hall–Kier alpha value is -1.75. The number of nitrogen functional groups attached to an aromatic ring is 1. The molecule has 0 bridgehead atoms. The lowest BCUT2D eigenvalue weighted by Crippen LogP contribution is -2.21. The lowest BCUT2D eigenvalue weighted by molar-refractivity contribution is 0.408. The van der Waals surface area contributed by atoms with Crippen molar-refractivity contribution in [3.05, 3.63) is 56.4 Å². The summed E-state index contributed by atoms with van der Waals surface area (Å²) < 4.78 is 7.82. The van der Waals surface area contributed by atoms with Crippen LogP contribution < -0.4 is 16.0 Å². The maximum Gasteiger partial charge on any atom is 0.251 e. The molecule has 0 radical (unpaired) electrons. The first-order valence-corrected chi connectivity index (χ1v) is 6.59. The van der Waals surface area contributed by atoms with Gasteiger partial charge in [0.15, 0.2) is 0 Å². The zero-order valence-electron chi connectivity index (χ0n) is 10.8. The van der Waals surface area contributed by atoms with E-state index in [4.69, 9.17) is 10.5 Å². The fourth-order valence-electron chi connectivity index (χ4n) is 1.86. The third-order valence-corrected chi connectivity index (χ3v) is 3.45. The van der Waals surface area contributed by atoms with Gasteiger partial charge in [-0.05, 0) is 30.7 Å². The Morgan fingerprint density at radius 3 is 2.79 bits per heavy atom. The van der Waals surface area contributed by atoms with Gasteiger partial charge >= 0.3 is 0 Å². The summed E-state index contributed by atoms with van der Waals surface area (Å²) in [6.45, 7) is 2.24. The zero-order chi connectivity index (χ0) is 14.0. The minimum atomic E-state index is -0.0753. The lowest BCUT2D eigenvalue weighted by Gasteiger charge is -2.12. The van der Waals surface area contributed by atoms with E-state index in [1.807, 2.05) is 25.1 Å². The number of halogens is 1. The molecule has 5 heteroatoms. The second-order valence-corrected chi connectivity index (χ2v) is 5.25. The molecule has 1 aromatic carbocycles. The van der Waals surface area contributed by atoms with Gasteiger partial charge in [0.2, 0.25) is 0 Å². The monoisotopic (exact) mass is 322 g/mol. The second kappa shape index (κ2) is 5.48. The Kier molecular flexibility index (Phi) is 3.95. The van der Waals surface area contributed by atoms with Gasteiger partial charge < -0.3 is 15.0 Å². The molecule has 2 aromatic rings. The van der Waals surface area contributed by atoms with Crippen molar-refractivity contribution in [2.75, 3.05) is 12.8 Å². The number of aromatic nitrogens is 1. The molecule has 0 aliphatic heterocycles. The molecule has 0 amide bonds. The van der Waals surface area contributed by atoms with Crippen LogP contribution in [-0.2, 0) is 6.54 Å². The van der Waals surface area contributed by atoms with Crippen LogP contribution in [0.25, 0.3) is 0 Å². The van der Waals surface area contributed by atoms with Crippen LogP contribution in [0.1, 0.15) is 11.1 Å². The first-order chi connectivity index (χ1) is 9.01. The summed E-state index contributed by atoms with van der Waals surface area (Å²) in [7, 11) is 1.61. The molecule has 1 heterocycles. The Labute approximate surface area is 119 Å². The molecule has 2 rings (SSSR count). The molecule has 100 valence electrons. The molecule has 0 spiro atoms. The zero-order valence-corrected chi connectivity index (χ0v) is 12.4. The van der Waals surface area contributed by atoms with E-state index in [1.54, 1.807) is 23.9 Å². The standard InChI is InChI=1S/C14H15BrN2O2/c1-9-5-14(18)17(8-12(9)16)7-10-6-11(15)3-4-13(10)19-2/h3-6,8H,7,16H2,1-2H3. The van der Waals surface area contributed by atoms with Crippen LogP contribution in [0.3, 0.4) is 0 Å². The van der Waals surface area contributed by atoms with Crippen molar-refractivity contribution in [2.24, 2.45) is 0 Å². The maximum atomic E-state index is 11.9. The topological polar surface area (TPSA) is 57.2 Å². The highest BCUT2D eigenvalue weighted by Gasteiger charge is 2.07. The fourth-order valence-corrected chi connectivity index (χ4v) is 2.27. The number of anilines is 1. The van der Waals surface area contributed by atoms with Gasteiger partial charge in [-0.2, -0.15) is 0 Å². The smallest absolute Gasteiger partial charge is 0.251 e. The highest BCUT2D eigenvalue weighted by Crippen LogP contribution is 2.23. The van der Waals surface area contributed by atoms with E-state index in [-0.39, 0.29) is 5.56 Å². The molecular formula is C14H15BrN2O2. The third-order valence-electron chi connectivity index (χ3n) is 2.96. The molecule has 2 N–H and O–H groups in total. The number of rotatable bonds is 3. The van der Waals surface area contributed by atoms with Crippen LogP contribution in [0.5, 0.6) is 5.75 Å². The van der Waals surface area contributed by atoms with Gasteiger partial charge in [0.1, 0.15) is 5.75 Å². The van der Waals surface area contributed by atoms with Gasteiger partial charge in [-0.15, -0.1) is 0 Å². The van der Waals surface area contributed by atoms with Gasteiger partial charge in [-0.25, -0.2) is 0 Å². The van der Waals surface area contributed by atoms with E-state index in [1.165, 1.54) is 0 Å². The average Bonchev–Trinajstić information content (AvgIpc) is 2.36. The van der Waals surface area contributed by atoms with E-state index in [9.17, 15) is 4.79 Å². The number of nitrogens with two attached hydrogens (primary N) is 1. The molecule has 0 aliphatic rings. The number of benzene rings is 1.